The third-order valence-corrected chi connectivity index (χ3v) is 3.91. The summed E-state index contributed by atoms with van der Waals surface area (Å²) in [7, 11) is 0. The molecule has 0 spiro atoms. The molecule has 3 N–H and O–H groups in total. The summed E-state index contributed by atoms with van der Waals surface area (Å²) in [6.45, 7) is 1.93. The molecule has 4 nitrogen and oxygen atoms in total. The number of H-pyrrole nitrogens is 1. The molecule has 0 radical (unpaired) electrons. The van der Waals surface area contributed by atoms with Gasteiger partial charge in [0.15, 0.2) is 0 Å². The zero-order valence-corrected chi connectivity index (χ0v) is 11.2. The molecular weight excluding hydrogens is 226 g/mol. The van der Waals surface area contributed by atoms with Gasteiger partial charge in [0, 0.05) is 5.92 Å². The lowest BCUT2D eigenvalue weighted by Crippen LogP contribution is -2.21. The first-order valence-electron chi connectivity index (χ1n) is 7.11. The van der Waals surface area contributed by atoms with Crippen LogP contribution in [0.25, 0.3) is 0 Å². The van der Waals surface area contributed by atoms with Crippen molar-refractivity contribution < 1.29 is 0 Å². The fourth-order valence-electron chi connectivity index (χ4n) is 2.80. The van der Waals surface area contributed by atoms with Crippen LogP contribution in [0.1, 0.15) is 69.2 Å². The lowest BCUT2D eigenvalue weighted by Gasteiger charge is -2.19. The molecule has 100 valence electrons. The number of aromatic nitrogens is 2. The molecule has 2 rings (SSSR count). The quantitative estimate of drug-likeness (QED) is 0.846. The van der Waals surface area contributed by atoms with Gasteiger partial charge < -0.3 is 10.7 Å². The molecule has 0 unspecified atom stereocenters. The number of anilines is 1. The van der Waals surface area contributed by atoms with Gasteiger partial charge in [-0.25, -0.2) is 4.98 Å². The van der Waals surface area contributed by atoms with E-state index in [1.807, 2.05) is 6.92 Å². The fraction of sp³-hybridized carbons (Fsp3) is 0.714. The molecule has 0 bridgehead atoms. The van der Waals surface area contributed by atoms with E-state index in [2.05, 4.69) is 9.97 Å². The van der Waals surface area contributed by atoms with Crippen LogP contribution in [-0.4, -0.2) is 9.97 Å². The number of nitrogens with one attached hydrogen (secondary N) is 1. The number of nitrogens with two attached hydrogens (primary N) is 1. The maximum Gasteiger partial charge on any atom is 0.256 e. The van der Waals surface area contributed by atoms with Crippen molar-refractivity contribution in [3.8, 4) is 0 Å². The standard InChI is InChI=1S/C14H23N3O/c1-2-11-12(15)16-13(17-14(11)18)10-8-6-4-3-5-7-9-10/h10H,2-9H2,1H3,(H3,15,16,17,18). The van der Waals surface area contributed by atoms with Gasteiger partial charge in [-0.05, 0) is 19.3 Å². The van der Waals surface area contributed by atoms with Crippen LogP contribution in [0.3, 0.4) is 0 Å². The van der Waals surface area contributed by atoms with Crippen molar-refractivity contribution in [2.24, 2.45) is 0 Å². The Morgan fingerprint density at radius 2 is 1.83 bits per heavy atom. The normalized spacial score (nSPS) is 18.3. The highest BCUT2D eigenvalue weighted by molar-refractivity contribution is 5.37. The molecule has 0 saturated heterocycles. The monoisotopic (exact) mass is 249 g/mol. The van der Waals surface area contributed by atoms with Crippen LogP contribution in [0, 0.1) is 0 Å². The third-order valence-electron chi connectivity index (χ3n) is 3.91. The van der Waals surface area contributed by atoms with E-state index in [1.54, 1.807) is 0 Å². The minimum absolute atomic E-state index is 0.0536. The van der Waals surface area contributed by atoms with Gasteiger partial charge in [0.25, 0.3) is 5.56 Å². The average Bonchev–Trinajstić information content (AvgIpc) is 2.27. The maximum absolute atomic E-state index is 11.9. The Bertz CT molecular complexity index is 445. The lowest BCUT2D eigenvalue weighted by atomic mass is 9.90. The Kier molecular flexibility index (Phi) is 4.39. The van der Waals surface area contributed by atoms with Crippen LogP contribution in [0.4, 0.5) is 5.82 Å². The number of hydrogen-bond acceptors (Lipinski definition) is 3. The van der Waals surface area contributed by atoms with Crippen LogP contribution in [0.2, 0.25) is 0 Å². The zero-order chi connectivity index (χ0) is 13.0. The second kappa shape index (κ2) is 6.03. The molecule has 1 saturated carbocycles. The predicted octanol–water partition coefficient (Wildman–Crippen LogP) is 2.74. The van der Waals surface area contributed by atoms with Gasteiger partial charge in [-0.15, -0.1) is 0 Å². The third kappa shape index (κ3) is 2.92. The van der Waals surface area contributed by atoms with E-state index in [-0.39, 0.29) is 5.56 Å². The summed E-state index contributed by atoms with van der Waals surface area (Å²) < 4.78 is 0. The Morgan fingerprint density at radius 3 is 2.39 bits per heavy atom. The van der Waals surface area contributed by atoms with Gasteiger partial charge >= 0.3 is 0 Å². The van der Waals surface area contributed by atoms with Gasteiger partial charge in [-0.3, -0.25) is 4.79 Å². The van der Waals surface area contributed by atoms with Crippen molar-refractivity contribution >= 4 is 5.82 Å². The molecule has 0 aromatic carbocycles. The second-order valence-electron chi connectivity index (χ2n) is 5.21. The van der Waals surface area contributed by atoms with E-state index in [0.29, 0.717) is 23.7 Å². The largest absolute Gasteiger partial charge is 0.383 e. The van der Waals surface area contributed by atoms with Crippen LogP contribution in [-0.2, 0) is 6.42 Å². The molecule has 18 heavy (non-hydrogen) atoms. The first-order chi connectivity index (χ1) is 8.72. The van der Waals surface area contributed by atoms with Crippen LogP contribution in [0.5, 0.6) is 0 Å². The predicted molar refractivity (Wildman–Crippen MR) is 73.7 cm³/mol. The van der Waals surface area contributed by atoms with Crippen molar-refractivity contribution in [3.05, 3.63) is 21.7 Å². The zero-order valence-electron chi connectivity index (χ0n) is 11.2. The molecule has 1 aliphatic carbocycles. The second-order valence-corrected chi connectivity index (χ2v) is 5.21. The van der Waals surface area contributed by atoms with Crippen molar-refractivity contribution in [2.45, 2.75) is 64.2 Å². The molecule has 0 atom stereocenters. The lowest BCUT2D eigenvalue weighted by molar-refractivity contribution is 0.441. The summed E-state index contributed by atoms with van der Waals surface area (Å²) in [6.07, 6.45) is 9.26. The van der Waals surface area contributed by atoms with Crippen LogP contribution < -0.4 is 11.3 Å². The van der Waals surface area contributed by atoms with E-state index in [0.717, 1.165) is 18.7 Å². The summed E-state index contributed by atoms with van der Waals surface area (Å²) in [5, 5.41) is 0. The van der Waals surface area contributed by atoms with E-state index < -0.39 is 0 Å². The van der Waals surface area contributed by atoms with Crippen molar-refractivity contribution in [3.63, 3.8) is 0 Å². The van der Waals surface area contributed by atoms with Gasteiger partial charge in [-0.2, -0.15) is 0 Å². The first-order valence-corrected chi connectivity index (χ1v) is 7.11. The Balaban J connectivity index is 2.23. The Morgan fingerprint density at radius 1 is 1.22 bits per heavy atom. The van der Waals surface area contributed by atoms with Gasteiger partial charge in [0.05, 0.1) is 5.56 Å². The number of hydrogen-bond donors (Lipinski definition) is 2. The number of rotatable bonds is 2. The van der Waals surface area contributed by atoms with Gasteiger partial charge in [0.1, 0.15) is 11.6 Å². The minimum Gasteiger partial charge on any atom is -0.383 e. The molecular formula is C14H23N3O. The van der Waals surface area contributed by atoms with Gasteiger partial charge in [0.2, 0.25) is 0 Å². The highest BCUT2D eigenvalue weighted by Gasteiger charge is 2.17. The molecule has 0 amide bonds. The smallest absolute Gasteiger partial charge is 0.256 e. The maximum atomic E-state index is 11.9. The molecule has 1 aromatic rings. The Labute approximate surface area is 108 Å². The summed E-state index contributed by atoms with van der Waals surface area (Å²) >= 11 is 0. The SMILES string of the molecule is CCc1c(N)nc(C2CCCCCCC2)[nH]c1=O. The topological polar surface area (TPSA) is 71.8 Å². The van der Waals surface area contributed by atoms with Crippen molar-refractivity contribution in [2.75, 3.05) is 5.73 Å². The van der Waals surface area contributed by atoms with Crippen molar-refractivity contribution in [1.29, 1.82) is 0 Å². The minimum atomic E-state index is -0.0536. The number of nitrogen functional groups attached to an aromatic ring is 1. The summed E-state index contributed by atoms with van der Waals surface area (Å²) in [6, 6.07) is 0. The van der Waals surface area contributed by atoms with E-state index in [1.165, 1.54) is 32.1 Å². The molecule has 0 aliphatic heterocycles. The molecule has 1 fully saturated rings. The molecule has 4 heteroatoms. The molecule has 1 aliphatic rings. The number of nitrogens with zero attached hydrogens (tertiary/aromatic N) is 1. The molecule has 1 heterocycles. The van der Waals surface area contributed by atoms with E-state index >= 15 is 0 Å². The van der Waals surface area contributed by atoms with E-state index in [9.17, 15) is 4.79 Å². The highest BCUT2D eigenvalue weighted by atomic mass is 16.1. The van der Waals surface area contributed by atoms with Crippen LogP contribution >= 0.6 is 0 Å². The fourth-order valence-corrected chi connectivity index (χ4v) is 2.80. The summed E-state index contributed by atoms with van der Waals surface area (Å²) in [5.74, 6) is 1.60. The highest BCUT2D eigenvalue weighted by Crippen LogP contribution is 2.28. The van der Waals surface area contributed by atoms with Crippen molar-refractivity contribution in [1.82, 2.24) is 9.97 Å². The van der Waals surface area contributed by atoms with Crippen LogP contribution in [0.15, 0.2) is 4.79 Å². The average molecular weight is 249 g/mol. The first kappa shape index (κ1) is 13.1. The number of aromatic amines is 1. The summed E-state index contributed by atoms with van der Waals surface area (Å²) in [5.41, 5.74) is 6.44. The Hall–Kier alpha value is -1.32. The summed E-state index contributed by atoms with van der Waals surface area (Å²) in [4.78, 5) is 19.3. The van der Waals surface area contributed by atoms with E-state index in [4.69, 9.17) is 5.73 Å². The molecule has 1 aromatic heterocycles. The van der Waals surface area contributed by atoms with Gasteiger partial charge in [-0.1, -0.05) is 39.0 Å².